The van der Waals surface area contributed by atoms with Crippen LogP contribution in [-0.2, 0) is 15.6 Å². The smallest absolute Gasteiger partial charge is 0.335 e. The number of aromatic carboxylic acids is 1. The summed E-state index contributed by atoms with van der Waals surface area (Å²) in [6, 6.07) is 21.6. The Balaban J connectivity index is 0.000000190. The van der Waals surface area contributed by atoms with E-state index in [1.807, 2.05) is 13.8 Å². The lowest BCUT2D eigenvalue weighted by Gasteiger charge is -2.44. The summed E-state index contributed by atoms with van der Waals surface area (Å²) in [7, 11) is 0. The van der Waals surface area contributed by atoms with Crippen molar-refractivity contribution in [3.05, 3.63) is 137 Å². The van der Waals surface area contributed by atoms with Crippen LogP contribution in [0.4, 0.5) is 39.3 Å². The van der Waals surface area contributed by atoms with E-state index in [1.54, 1.807) is 49.4 Å². The zero-order valence-corrected chi connectivity index (χ0v) is 34.6. The molecule has 2 saturated carbocycles. The van der Waals surface area contributed by atoms with Gasteiger partial charge in [-0.3, -0.25) is 14.8 Å². The Labute approximate surface area is 360 Å². The number of carbonyl (C=O) groups excluding carboxylic acids is 1. The highest BCUT2D eigenvalue weighted by Crippen LogP contribution is 2.47. The van der Waals surface area contributed by atoms with E-state index in [9.17, 15) is 36.6 Å². The van der Waals surface area contributed by atoms with Crippen LogP contribution < -0.4 is 15.5 Å². The molecule has 2 aliphatic carbocycles. The number of carboxylic acid groups (broad SMARTS) is 1. The molecule has 0 bridgehead atoms. The molecular weight excluding hydrogens is 822 g/mol. The minimum Gasteiger partial charge on any atom is -0.478 e. The van der Waals surface area contributed by atoms with E-state index in [2.05, 4.69) is 41.0 Å². The lowest BCUT2D eigenvalue weighted by atomic mass is 9.65. The summed E-state index contributed by atoms with van der Waals surface area (Å²) in [6.45, 7) is 5.95. The third kappa shape index (κ3) is 9.46. The van der Waals surface area contributed by atoms with Gasteiger partial charge in [-0.2, -0.15) is 0 Å². The molecule has 0 aliphatic heterocycles. The number of nitrogens with zero attached hydrogens (tertiary/aromatic N) is 7. The molecule has 4 aromatic heterocycles. The highest BCUT2D eigenvalue weighted by molar-refractivity contribution is 5.91. The van der Waals surface area contributed by atoms with Gasteiger partial charge in [0.1, 0.15) is 41.4 Å². The summed E-state index contributed by atoms with van der Waals surface area (Å²) in [5, 5.41) is 32.0. The van der Waals surface area contributed by atoms with E-state index in [0.717, 1.165) is 0 Å². The van der Waals surface area contributed by atoms with Crippen LogP contribution in [0.2, 0.25) is 0 Å². The van der Waals surface area contributed by atoms with Crippen molar-refractivity contribution in [1.29, 1.82) is 0 Å². The van der Waals surface area contributed by atoms with Crippen LogP contribution in [0.5, 0.6) is 0 Å². The second-order valence-electron chi connectivity index (χ2n) is 16.1. The Morgan fingerprint density at radius 1 is 0.730 bits per heavy atom. The maximum atomic E-state index is 14.5. The number of pyridine rings is 2. The predicted molar refractivity (Wildman–Crippen MR) is 227 cm³/mol. The number of hydrogen-bond acceptors (Lipinski definition) is 10. The quantitative estimate of drug-likeness (QED) is 0.0710. The molecule has 3 N–H and O–H groups in total. The number of benzene rings is 2. The normalized spacial score (nSPS) is 20.1. The number of carboxylic acids is 1. The highest BCUT2D eigenvalue weighted by Gasteiger charge is 2.49. The van der Waals surface area contributed by atoms with Gasteiger partial charge in [0.25, 0.3) is 0 Å². The molecule has 0 radical (unpaired) electrons. The Morgan fingerprint density at radius 3 is 1.68 bits per heavy atom. The molecule has 0 saturated heterocycles. The second kappa shape index (κ2) is 18.6. The van der Waals surface area contributed by atoms with Crippen molar-refractivity contribution in [3.63, 3.8) is 0 Å². The minimum absolute atomic E-state index is 0.0924. The zero-order chi connectivity index (χ0) is 44.9. The van der Waals surface area contributed by atoms with Crippen LogP contribution in [0.3, 0.4) is 0 Å². The predicted octanol–water partition coefficient (Wildman–Crippen LogP) is 8.84. The van der Waals surface area contributed by atoms with Crippen LogP contribution >= 0.6 is 0 Å². The van der Waals surface area contributed by atoms with Crippen LogP contribution in [0.25, 0.3) is 22.5 Å². The third-order valence-corrected chi connectivity index (χ3v) is 11.5. The van der Waals surface area contributed by atoms with Crippen LogP contribution in [-0.4, -0.2) is 79.3 Å². The Morgan fingerprint density at radius 2 is 1.25 bits per heavy atom. The summed E-state index contributed by atoms with van der Waals surface area (Å²) >= 11 is 0. The summed E-state index contributed by atoms with van der Waals surface area (Å²) in [4.78, 5) is 32.5. The van der Waals surface area contributed by atoms with E-state index in [0.29, 0.717) is 46.2 Å². The number of carbonyl (C=O) groups is 2. The molecule has 4 heterocycles. The molecule has 63 heavy (non-hydrogen) atoms. The first-order chi connectivity index (χ1) is 30.2. The number of anilines is 3. The van der Waals surface area contributed by atoms with Crippen molar-refractivity contribution < 1.29 is 36.6 Å². The summed E-state index contributed by atoms with van der Waals surface area (Å²) < 4.78 is 70.4. The SMILES string of the molecule is CC(C)N(C=O)c1ccc(F)c(-c2ccc(NCC3(c4ncccc4F)CC(F)C3)nn2)c1.Cc1c(C(=O)O)cccc1-c1ccc(NCC2(c3ncccc3F)CC(F)C2)nn1. The van der Waals surface area contributed by atoms with Gasteiger partial charge < -0.3 is 20.6 Å². The van der Waals surface area contributed by atoms with Gasteiger partial charge in [-0.1, -0.05) is 12.1 Å². The monoisotopic (exact) mass is 865 g/mol. The van der Waals surface area contributed by atoms with E-state index in [4.69, 9.17) is 0 Å². The van der Waals surface area contributed by atoms with Gasteiger partial charge in [-0.15, -0.1) is 20.4 Å². The fourth-order valence-electron chi connectivity index (χ4n) is 8.13. The molecule has 2 aliphatic rings. The largest absolute Gasteiger partial charge is 0.478 e. The fraction of sp³-hybridized carbons (Fsp3) is 0.304. The van der Waals surface area contributed by atoms with Crippen LogP contribution in [0, 0.1) is 24.4 Å². The Kier molecular flexibility index (Phi) is 13.0. The number of amides is 1. The fourth-order valence-corrected chi connectivity index (χ4v) is 8.13. The van der Waals surface area contributed by atoms with Crippen molar-refractivity contribution in [1.82, 2.24) is 30.4 Å². The molecule has 0 spiro atoms. The van der Waals surface area contributed by atoms with Crippen molar-refractivity contribution in [2.24, 2.45) is 0 Å². The van der Waals surface area contributed by atoms with E-state index < -0.39 is 46.6 Å². The van der Waals surface area contributed by atoms with Gasteiger partial charge in [0.15, 0.2) is 0 Å². The van der Waals surface area contributed by atoms with Gasteiger partial charge in [0.05, 0.1) is 28.3 Å². The standard InChI is InChI=1S/C24H24F3N5O.C22H20F2N4O2/c1-15(2)32(14-33)17-5-6-19(26)18(10-17)21-7-8-22(31-30-21)29-13-24(11-16(25)12-24)23-20(27)4-3-9-28-23;1-13-15(4-2-5-16(13)21(29)30)18-7-8-19(28-27-18)26-12-22(10-14(23)11-22)20-17(24)6-3-9-25-20/h3-10,14-16H,11-13H2,1-2H3,(H,29,31);2-9,14H,10-12H2,1H3,(H,26,28)(H,29,30). The van der Waals surface area contributed by atoms with Crippen molar-refractivity contribution in [2.75, 3.05) is 28.6 Å². The van der Waals surface area contributed by atoms with Gasteiger partial charge in [0, 0.05) is 59.2 Å². The number of alkyl halides is 2. The molecule has 12 nitrogen and oxygen atoms in total. The number of aromatic nitrogens is 6. The topological polar surface area (TPSA) is 159 Å². The molecule has 1 amide bonds. The summed E-state index contributed by atoms with van der Waals surface area (Å²) in [5.74, 6) is -1.54. The average molecular weight is 866 g/mol. The molecule has 2 aromatic carbocycles. The maximum Gasteiger partial charge on any atom is 0.335 e. The molecule has 8 rings (SSSR count). The number of halogens is 5. The molecule has 2 fully saturated rings. The highest BCUT2D eigenvalue weighted by atomic mass is 19.1. The Hall–Kier alpha value is -6.91. The minimum atomic E-state index is -1.01. The number of hydrogen-bond donors (Lipinski definition) is 3. The zero-order valence-electron chi connectivity index (χ0n) is 34.6. The number of nitrogens with one attached hydrogen (secondary N) is 2. The molecule has 6 aromatic rings. The molecule has 17 heteroatoms. The summed E-state index contributed by atoms with van der Waals surface area (Å²) in [5.41, 5.74) is 2.10. The maximum absolute atomic E-state index is 14.5. The van der Waals surface area contributed by atoms with Crippen LogP contribution in [0.15, 0.2) is 97.3 Å². The van der Waals surface area contributed by atoms with E-state index in [1.165, 1.54) is 59.8 Å². The first-order valence-corrected chi connectivity index (χ1v) is 20.2. The molecule has 0 unspecified atom stereocenters. The average Bonchev–Trinajstić information content (AvgIpc) is 3.25. The van der Waals surface area contributed by atoms with Gasteiger partial charge in [-0.05, 0) is 125 Å². The molecule has 326 valence electrons. The van der Waals surface area contributed by atoms with Gasteiger partial charge in [0.2, 0.25) is 6.41 Å². The van der Waals surface area contributed by atoms with Gasteiger partial charge >= 0.3 is 5.97 Å². The lowest BCUT2D eigenvalue weighted by Crippen LogP contribution is -2.49. The second-order valence-corrected chi connectivity index (χ2v) is 16.1. The first kappa shape index (κ1) is 44.2. The van der Waals surface area contributed by atoms with E-state index in [-0.39, 0.29) is 67.3 Å². The van der Waals surface area contributed by atoms with Crippen LogP contribution in [0.1, 0.15) is 66.8 Å². The number of rotatable bonds is 14. The molecular formula is C46H44F5N9O3. The molecule has 0 atom stereocenters. The Bertz CT molecular complexity index is 2570. The first-order valence-electron chi connectivity index (χ1n) is 20.2. The lowest BCUT2D eigenvalue weighted by molar-refractivity contribution is -0.107. The summed E-state index contributed by atoms with van der Waals surface area (Å²) in [6.07, 6.45) is 2.44. The van der Waals surface area contributed by atoms with Gasteiger partial charge in [-0.25, -0.2) is 26.7 Å². The third-order valence-electron chi connectivity index (χ3n) is 11.5. The van der Waals surface area contributed by atoms with E-state index >= 15 is 0 Å². The van der Waals surface area contributed by atoms with Crippen molar-refractivity contribution in [2.45, 2.75) is 75.7 Å². The van der Waals surface area contributed by atoms with Crippen molar-refractivity contribution >= 4 is 29.7 Å². The van der Waals surface area contributed by atoms with Crippen molar-refractivity contribution in [3.8, 4) is 22.5 Å².